The van der Waals surface area contributed by atoms with Crippen molar-refractivity contribution in [3.8, 4) is 22.6 Å². The highest BCUT2D eigenvalue weighted by atomic mass is 16.3. The van der Waals surface area contributed by atoms with Gasteiger partial charge in [-0.15, -0.1) is 0 Å². The minimum Gasteiger partial charge on any atom is -0.508 e. The number of hydrogen-bond acceptors (Lipinski definition) is 3. The van der Waals surface area contributed by atoms with Crippen molar-refractivity contribution >= 4 is 0 Å². The fourth-order valence-corrected chi connectivity index (χ4v) is 1.79. The SMILES string of the molecule is Oc1ccc(-c2ccc(-n3nccn3)cc2)cc1. The van der Waals surface area contributed by atoms with Crippen molar-refractivity contribution in [1.29, 1.82) is 0 Å². The van der Waals surface area contributed by atoms with Crippen LogP contribution in [0.3, 0.4) is 0 Å². The van der Waals surface area contributed by atoms with Crippen LogP contribution in [0, 0.1) is 0 Å². The summed E-state index contributed by atoms with van der Waals surface area (Å²) in [6.45, 7) is 0. The molecular weight excluding hydrogens is 226 g/mol. The van der Waals surface area contributed by atoms with Gasteiger partial charge in [0.15, 0.2) is 0 Å². The first-order chi connectivity index (χ1) is 8.83. The van der Waals surface area contributed by atoms with E-state index in [0.717, 1.165) is 16.8 Å². The predicted octanol–water partition coefficient (Wildman–Crippen LogP) is 2.64. The molecule has 0 amide bonds. The Kier molecular flexibility index (Phi) is 2.53. The van der Waals surface area contributed by atoms with E-state index in [0.29, 0.717) is 0 Å². The maximum atomic E-state index is 9.25. The van der Waals surface area contributed by atoms with E-state index < -0.39 is 0 Å². The number of rotatable bonds is 2. The van der Waals surface area contributed by atoms with E-state index in [2.05, 4.69) is 10.2 Å². The Morgan fingerprint density at radius 1 is 0.722 bits per heavy atom. The number of aromatic nitrogens is 3. The quantitative estimate of drug-likeness (QED) is 0.745. The minimum absolute atomic E-state index is 0.274. The van der Waals surface area contributed by atoms with Crippen LogP contribution in [0.25, 0.3) is 16.8 Å². The Balaban J connectivity index is 1.94. The van der Waals surface area contributed by atoms with Gasteiger partial charge in [-0.25, -0.2) is 0 Å². The molecule has 0 atom stereocenters. The molecule has 4 heteroatoms. The van der Waals surface area contributed by atoms with Gasteiger partial charge in [-0.05, 0) is 35.4 Å². The van der Waals surface area contributed by atoms with Crippen LogP contribution in [-0.2, 0) is 0 Å². The average Bonchev–Trinajstić information content (AvgIpc) is 2.94. The third-order valence-electron chi connectivity index (χ3n) is 2.72. The van der Waals surface area contributed by atoms with E-state index in [1.165, 1.54) is 0 Å². The first kappa shape index (κ1) is 10.5. The number of hydrogen-bond donors (Lipinski definition) is 1. The molecule has 2 aromatic carbocycles. The zero-order valence-electron chi connectivity index (χ0n) is 9.56. The molecule has 3 aromatic rings. The topological polar surface area (TPSA) is 50.9 Å². The molecule has 1 aromatic heterocycles. The molecule has 18 heavy (non-hydrogen) atoms. The lowest BCUT2D eigenvalue weighted by atomic mass is 10.1. The van der Waals surface area contributed by atoms with Gasteiger partial charge in [-0.1, -0.05) is 24.3 Å². The van der Waals surface area contributed by atoms with Gasteiger partial charge in [0.25, 0.3) is 0 Å². The summed E-state index contributed by atoms with van der Waals surface area (Å²) in [4.78, 5) is 1.57. The molecule has 0 saturated carbocycles. The van der Waals surface area contributed by atoms with Crippen LogP contribution in [0.15, 0.2) is 60.9 Å². The van der Waals surface area contributed by atoms with Crippen LogP contribution in [0.1, 0.15) is 0 Å². The minimum atomic E-state index is 0.274. The average molecular weight is 237 g/mol. The third-order valence-corrected chi connectivity index (χ3v) is 2.72. The lowest BCUT2D eigenvalue weighted by molar-refractivity contribution is 0.475. The smallest absolute Gasteiger partial charge is 0.115 e. The lowest BCUT2D eigenvalue weighted by Gasteiger charge is -2.04. The van der Waals surface area contributed by atoms with Gasteiger partial charge in [0.05, 0.1) is 18.1 Å². The molecule has 0 aliphatic carbocycles. The van der Waals surface area contributed by atoms with Crippen molar-refractivity contribution in [1.82, 2.24) is 15.0 Å². The summed E-state index contributed by atoms with van der Waals surface area (Å²) in [5.74, 6) is 0.274. The number of phenolic OH excluding ortho intramolecular Hbond substituents is 1. The van der Waals surface area contributed by atoms with Gasteiger partial charge in [-0.3, -0.25) is 0 Å². The van der Waals surface area contributed by atoms with Crippen LogP contribution in [0.5, 0.6) is 5.75 Å². The molecule has 88 valence electrons. The second-order valence-electron chi connectivity index (χ2n) is 3.91. The molecule has 1 N–H and O–H groups in total. The summed E-state index contributed by atoms with van der Waals surface area (Å²) in [5.41, 5.74) is 3.07. The molecular formula is C14H11N3O. The third kappa shape index (κ3) is 1.96. The summed E-state index contributed by atoms with van der Waals surface area (Å²) >= 11 is 0. The van der Waals surface area contributed by atoms with Gasteiger partial charge in [0, 0.05) is 0 Å². The number of benzene rings is 2. The van der Waals surface area contributed by atoms with E-state index >= 15 is 0 Å². The fourth-order valence-electron chi connectivity index (χ4n) is 1.79. The molecule has 0 saturated heterocycles. The fraction of sp³-hybridized carbons (Fsp3) is 0. The molecule has 0 aliphatic heterocycles. The maximum Gasteiger partial charge on any atom is 0.115 e. The molecule has 0 spiro atoms. The highest BCUT2D eigenvalue weighted by Crippen LogP contribution is 2.22. The Labute approximate surface area is 104 Å². The molecule has 0 fully saturated rings. The Morgan fingerprint density at radius 2 is 1.22 bits per heavy atom. The molecule has 1 heterocycles. The van der Waals surface area contributed by atoms with Gasteiger partial charge in [0.1, 0.15) is 5.75 Å². The monoisotopic (exact) mass is 237 g/mol. The number of aromatic hydroxyl groups is 1. The first-order valence-corrected chi connectivity index (χ1v) is 5.59. The van der Waals surface area contributed by atoms with Gasteiger partial charge >= 0.3 is 0 Å². The molecule has 0 radical (unpaired) electrons. The van der Waals surface area contributed by atoms with Crippen molar-refractivity contribution in [3.05, 3.63) is 60.9 Å². The van der Waals surface area contributed by atoms with Crippen molar-refractivity contribution < 1.29 is 5.11 Å². The largest absolute Gasteiger partial charge is 0.508 e. The van der Waals surface area contributed by atoms with Crippen LogP contribution in [0.2, 0.25) is 0 Å². The Bertz CT molecular complexity index is 628. The van der Waals surface area contributed by atoms with Crippen LogP contribution >= 0.6 is 0 Å². The summed E-state index contributed by atoms with van der Waals surface area (Å²) in [6, 6.07) is 15.1. The van der Waals surface area contributed by atoms with Crippen LogP contribution < -0.4 is 0 Å². The Hall–Kier alpha value is -2.62. The molecule has 0 unspecified atom stereocenters. The zero-order chi connectivity index (χ0) is 12.4. The van der Waals surface area contributed by atoms with Gasteiger partial charge in [-0.2, -0.15) is 15.0 Å². The predicted molar refractivity (Wildman–Crippen MR) is 68.5 cm³/mol. The van der Waals surface area contributed by atoms with Crippen molar-refractivity contribution in [2.24, 2.45) is 0 Å². The summed E-state index contributed by atoms with van der Waals surface area (Å²) in [5, 5.41) is 17.4. The maximum absolute atomic E-state index is 9.25. The van der Waals surface area contributed by atoms with Gasteiger partial charge < -0.3 is 5.11 Å². The van der Waals surface area contributed by atoms with Crippen LogP contribution in [-0.4, -0.2) is 20.1 Å². The van der Waals surface area contributed by atoms with E-state index in [-0.39, 0.29) is 5.75 Å². The van der Waals surface area contributed by atoms with Gasteiger partial charge in [0.2, 0.25) is 0 Å². The Morgan fingerprint density at radius 3 is 1.78 bits per heavy atom. The normalized spacial score (nSPS) is 10.4. The van der Waals surface area contributed by atoms with E-state index in [1.54, 1.807) is 29.3 Å². The molecule has 0 aliphatic rings. The molecule has 3 rings (SSSR count). The van der Waals surface area contributed by atoms with Crippen molar-refractivity contribution in [3.63, 3.8) is 0 Å². The molecule has 0 bridgehead atoms. The van der Waals surface area contributed by atoms with Crippen LogP contribution in [0.4, 0.5) is 0 Å². The highest BCUT2D eigenvalue weighted by molar-refractivity contribution is 5.65. The second kappa shape index (κ2) is 4.33. The zero-order valence-corrected chi connectivity index (χ0v) is 9.56. The summed E-state index contributed by atoms with van der Waals surface area (Å²) in [6.07, 6.45) is 3.29. The van der Waals surface area contributed by atoms with Crippen molar-refractivity contribution in [2.75, 3.05) is 0 Å². The summed E-state index contributed by atoms with van der Waals surface area (Å²) < 4.78 is 0. The summed E-state index contributed by atoms with van der Waals surface area (Å²) in [7, 11) is 0. The highest BCUT2D eigenvalue weighted by Gasteiger charge is 2.00. The van der Waals surface area contributed by atoms with E-state index in [1.807, 2.05) is 36.4 Å². The second-order valence-corrected chi connectivity index (χ2v) is 3.91. The number of nitrogens with zero attached hydrogens (tertiary/aromatic N) is 3. The first-order valence-electron chi connectivity index (χ1n) is 5.59. The standard InChI is InChI=1S/C14H11N3O/c18-14-7-3-12(4-8-14)11-1-5-13(6-2-11)17-15-9-10-16-17/h1-10,18H. The number of phenols is 1. The molecule has 4 nitrogen and oxygen atoms in total. The lowest BCUT2D eigenvalue weighted by Crippen LogP contribution is -1.97. The van der Waals surface area contributed by atoms with Crippen molar-refractivity contribution in [2.45, 2.75) is 0 Å². The van der Waals surface area contributed by atoms with E-state index in [9.17, 15) is 5.11 Å². The van der Waals surface area contributed by atoms with E-state index in [4.69, 9.17) is 0 Å².